The zero-order chi connectivity index (χ0) is 28.7. The summed E-state index contributed by atoms with van der Waals surface area (Å²) in [5.41, 5.74) is 10.7. The molecular weight excluding hydrogens is 558 g/mol. The van der Waals surface area contributed by atoms with Crippen LogP contribution in [-0.4, -0.2) is 45.0 Å². The first kappa shape index (κ1) is 26.9. The predicted molar refractivity (Wildman–Crippen MR) is 159 cm³/mol. The number of rotatable bonds is 7. The maximum absolute atomic E-state index is 10.3. The molecule has 206 valence electrons. The molecule has 1 aromatic carbocycles. The van der Waals surface area contributed by atoms with Crippen LogP contribution in [0, 0.1) is 0 Å². The summed E-state index contributed by atoms with van der Waals surface area (Å²) in [6.45, 7) is 3.42. The van der Waals surface area contributed by atoms with Gasteiger partial charge in [-0.25, -0.2) is 9.97 Å². The lowest BCUT2D eigenvalue weighted by Gasteiger charge is -2.16. The molecule has 5 heterocycles. The van der Waals surface area contributed by atoms with E-state index in [4.69, 9.17) is 27.3 Å². The van der Waals surface area contributed by atoms with E-state index in [2.05, 4.69) is 25.3 Å². The third-order valence-corrected chi connectivity index (χ3v) is 7.69. The van der Waals surface area contributed by atoms with Gasteiger partial charge in [-0.2, -0.15) is 5.10 Å². The molecule has 12 heteroatoms. The summed E-state index contributed by atoms with van der Waals surface area (Å²) >= 11 is 8.09. The van der Waals surface area contributed by atoms with Crippen molar-refractivity contribution in [2.75, 3.05) is 5.73 Å². The van der Waals surface area contributed by atoms with Gasteiger partial charge in [-0.15, -0.1) is 21.5 Å². The van der Waals surface area contributed by atoms with Crippen LogP contribution >= 0.6 is 22.9 Å². The Labute approximate surface area is 245 Å². The molecule has 3 N–H and O–H groups in total. The van der Waals surface area contributed by atoms with E-state index < -0.39 is 5.60 Å². The van der Waals surface area contributed by atoms with Gasteiger partial charge in [0.1, 0.15) is 32.8 Å². The second kappa shape index (κ2) is 10.6. The van der Waals surface area contributed by atoms with Gasteiger partial charge in [0, 0.05) is 48.9 Å². The number of fused-ring (bicyclic) bond motifs is 1. The van der Waals surface area contributed by atoms with Crippen molar-refractivity contribution < 1.29 is 5.11 Å². The normalized spacial score (nSPS) is 11.8. The maximum Gasteiger partial charge on any atom is 0.146 e. The Kier molecular flexibility index (Phi) is 6.94. The Balaban J connectivity index is 1.36. The smallest absolute Gasteiger partial charge is 0.146 e. The van der Waals surface area contributed by atoms with Gasteiger partial charge in [0.05, 0.1) is 27.6 Å². The number of nitrogens with two attached hydrogens (primary N) is 1. The monoisotopic (exact) mass is 583 g/mol. The molecular formula is C29H26ClN9OS. The number of aromatic nitrogens is 8. The number of nitrogens with zero attached hydrogens (tertiary/aromatic N) is 8. The second-order valence-electron chi connectivity index (χ2n) is 10.2. The molecule has 0 unspecified atom stereocenters. The molecule has 0 atom stereocenters. The van der Waals surface area contributed by atoms with Crippen LogP contribution in [-0.2, 0) is 25.5 Å². The molecule has 6 rings (SSSR count). The summed E-state index contributed by atoms with van der Waals surface area (Å²) in [5, 5.41) is 26.5. The van der Waals surface area contributed by atoms with Crippen molar-refractivity contribution >= 4 is 39.7 Å². The fourth-order valence-corrected chi connectivity index (χ4v) is 5.61. The fraction of sp³-hybridized carbons (Fsp3) is 0.207. The first-order chi connectivity index (χ1) is 19.6. The van der Waals surface area contributed by atoms with Crippen molar-refractivity contribution in [2.24, 2.45) is 7.05 Å². The number of halogens is 1. The lowest BCUT2D eigenvalue weighted by molar-refractivity contribution is 0.0736. The van der Waals surface area contributed by atoms with Crippen molar-refractivity contribution in [3.8, 4) is 22.6 Å². The summed E-state index contributed by atoms with van der Waals surface area (Å²) in [4.78, 5) is 18.7. The third kappa shape index (κ3) is 5.64. The Hall–Kier alpha value is -4.32. The van der Waals surface area contributed by atoms with Crippen molar-refractivity contribution in [3.63, 3.8) is 0 Å². The van der Waals surface area contributed by atoms with Crippen LogP contribution in [0.5, 0.6) is 0 Å². The van der Waals surface area contributed by atoms with Gasteiger partial charge in [0.25, 0.3) is 0 Å². The predicted octanol–water partition coefficient (Wildman–Crippen LogP) is 4.98. The molecule has 0 spiro atoms. The van der Waals surface area contributed by atoms with Crippen molar-refractivity contribution in [1.82, 2.24) is 39.9 Å². The van der Waals surface area contributed by atoms with Gasteiger partial charge < -0.3 is 10.8 Å². The average Bonchev–Trinajstić information content (AvgIpc) is 3.57. The summed E-state index contributed by atoms with van der Waals surface area (Å²) in [6, 6.07) is 15.1. The second-order valence-corrected chi connectivity index (χ2v) is 11.7. The largest absolute Gasteiger partial charge is 0.384 e. The zero-order valence-corrected chi connectivity index (χ0v) is 24.1. The average molecular weight is 584 g/mol. The number of aliphatic hydroxyl groups is 1. The standard InChI is InChI=1S/C29H26ClN9OS/c1-29(2,40)22-8-4-7-18(33-22)14-23-36-37-24(41-23)15-21-28(31)35-27(20-9-11-39(3)38-20)26(34-21)17-12-16-6-5-10-32-25(16)19(30)13-17/h4-13,40H,14-15H2,1-3H3,(H2,31,35). The lowest BCUT2D eigenvalue weighted by atomic mass is 10.0. The van der Waals surface area contributed by atoms with E-state index in [1.807, 2.05) is 61.8 Å². The molecule has 6 aromatic rings. The molecule has 10 nitrogen and oxygen atoms in total. The van der Waals surface area contributed by atoms with E-state index in [0.717, 1.165) is 26.7 Å². The van der Waals surface area contributed by atoms with Crippen LogP contribution < -0.4 is 5.73 Å². The van der Waals surface area contributed by atoms with Crippen LogP contribution in [0.15, 0.2) is 60.9 Å². The summed E-state index contributed by atoms with van der Waals surface area (Å²) in [7, 11) is 1.84. The maximum atomic E-state index is 10.3. The van der Waals surface area contributed by atoms with E-state index >= 15 is 0 Å². The highest BCUT2D eigenvalue weighted by Gasteiger charge is 2.21. The Morgan fingerprint density at radius 3 is 2.54 bits per heavy atom. The van der Waals surface area contributed by atoms with Gasteiger partial charge in [0.15, 0.2) is 0 Å². The SMILES string of the molecule is Cn1ccc(-c2nc(N)c(Cc3nnc(Cc4cccc(C(C)(C)O)n4)s3)nc2-c2cc(Cl)c3ncccc3c2)n1. The van der Waals surface area contributed by atoms with E-state index in [1.54, 1.807) is 24.7 Å². The molecule has 0 bridgehead atoms. The Morgan fingerprint density at radius 2 is 1.78 bits per heavy atom. The van der Waals surface area contributed by atoms with Gasteiger partial charge in [-0.1, -0.05) is 23.7 Å². The summed E-state index contributed by atoms with van der Waals surface area (Å²) in [5.74, 6) is 0.291. The minimum absolute atomic E-state index is 0.291. The van der Waals surface area contributed by atoms with Crippen LogP contribution in [0.2, 0.25) is 5.02 Å². The minimum Gasteiger partial charge on any atom is -0.384 e. The van der Waals surface area contributed by atoms with Gasteiger partial charge >= 0.3 is 0 Å². The number of aryl methyl sites for hydroxylation is 1. The topological polar surface area (TPSA) is 141 Å². The number of benzene rings is 1. The van der Waals surface area contributed by atoms with Crippen LogP contribution in [0.1, 0.15) is 40.9 Å². The van der Waals surface area contributed by atoms with Crippen LogP contribution in [0.3, 0.4) is 0 Å². The first-order valence-electron chi connectivity index (χ1n) is 12.8. The lowest BCUT2D eigenvalue weighted by Crippen LogP contribution is -2.18. The van der Waals surface area contributed by atoms with Crippen molar-refractivity contribution in [1.29, 1.82) is 0 Å². The zero-order valence-electron chi connectivity index (χ0n) is 22.6. The molecule has 0 radical (unpaired) electrons. The molecule has 41 heavy (non-hydrogen) atoms. The van der Waals surface area contributed by atoms with E-state index in [-0.39, 0.29) is 0 Å². The molecule has 5 aromatic heterocycles. The third-order valence-electron chi connectivity index (χ3n) is 6.48. The van der Waals surface area contributed by atoms with Crippen molar-refractivity contribution in [2.45, 2.75) is 32.3 Å². The number of nitrogen functional groups attached to an aromatic ring is 1. The minimum atomic E-state index is -1.02. The van der Waals surface area contributed by atoms with E-state index in [0.29, 0.717) is 57.7 Å². The summed E-state index contributed by atoms with van der Waals surface area (Å²) in [6.07, 6.45) is 4.41. The molecule has 0 saturated heterocycles. The number of anilines is 1. The van der Waals surface area contributed by atoms with E-state index in [1.165, 1.54) is 11.3 Å². The van der Waals surface area contributed by atoms with Crippen LogP contribution in [0.4, 0.5) is 5.82 Å². The fourth-order valence-electron chi connectivity index (χ4n) is 4.47. The quantitative estimate of drug-likeness (QED) is 0.266. The Morgan fingerprint density at radius 1 is 0.976 bits per heavy atom. The molecule has 0 saturated carbocycles. The molecule has 0 fully saturated rings. The Bertz CT molecular complexity index is 1890. The molecule has 0 aliphatic heterocycles. The van der Waals surface area contributed by atoms with Crippen molar-refractivity contribution in [3.05, 3.63) is 93.0 Å². The number of hydrogen-bond donors (Lipinski definition) is 2. The van der Waals surface area contributed by atoms with E-state index in [9.17, 15) is 5.11 Å². The number of hydrogen-bond acceptors (Lipinski definition) is 10. The highest BCUT2D eigenvalue weighted by Crippen LogP contribution is 2.35. The molecule has 0 aliphatic carbocycles. The highest BCUT2D eigenvalue weighted by atomic mass is 35.5. The van der Waals surface area contributed by atoms with Gasteiger partial charge in [-0.05, 0) is 50.2 Å². The highest BCUT2D eigenvalue weighted by molar-refractivity contribution is 7.11. The molecule has 0 aliphatic rings. The first-order valence-corrected chi connectivity index (χ1v) is 14.0. The van der Waals surface area contributed by atoms with Gasteiger partial charge in [-0.3, -0.25) is 14.6 Å². The molecule has 0 amide bonds. The van der Waals surface area contributed by atoms with Gasteiger partial charge in [0.2, 0.25) is 0 Å². The summed E-state index contributed by atoms with van der Waals surface area (Å²) < 4.78 is 1.71. The van der Waals surface area contributed by atoms with Crippen LogP contribution in [0.25, 0.3) is 33.5 Å². The number of pyridine rings is 2.